The molecule has 0 saturated carbocycles. The van der Waals surface area contributed by atoms with Crippen LogP contribution in [-0.2, 0) is 4.94 Å². The lowest BCUT2D eigenvalue weighted by atomic mass is 10.0. The van der Waals surface area contributed by atoms with Crippen molar-refractivity contribution in [1.82, 2.24) is 5.48 Å². The van der Waals surface area contributed by atoms with Crippen LogP contribution in [0.3, 0.4) is 0 Å². The highest BCUT2D eigenvalue weighted by Crippen LogP contribution is 2.12. The molecule has 0 aliphatic rings. The van der Waals surface area contributed by atoms with Crippen molar-refractivity contribution in [2.45, 2.75) is 90.4 Å². The van der Waals surface area contributed by atoms with Gasteiger partial charge in [0.05, 0.1) is 0 Å². The Balaban J connectivity index is 0.000000728. The van der Waals surface area contributed by atoms with Gasteiger partial charge in [0.25, 0.3) is 0 Å². The minimum Gasteiger partial charge on any atom is -0.217 e. The van der Waals surface area contributed by atoms with Gasteiger partial charge in [-0.25, -0.2) is 4.94 Å². The van der Waals surface area contributed by atoms with Gasteiger partial charge in [0, 0.05) is 6.54 Å². The molecule has 3 heteroatoms. The highest BCUT2D eigenvalue weighted by molar-refractivity contribution is 4.99. The monoisotopic (exact) mass is 336 g/mol. The highest BCUT2D eigenvalue weighted by atomic mass is 16.8. The molecule has 0 bridgehead atoms. The second-order valence-corrected chi connectivity index (χ2v) is 6.41. The third kappa shape index (κ3) is 21.1. The Labute approximate surface area is 150 Å². The van der Waals surface area contributed by atoms with Crippen LogP contribution in [0.1, 0.15) is 90.4 Å². The van der Waals surface area contributed by atoms with Crippen molar-refractivity contribution in [2.24, 2.45) is 5.90 Å². The van der Waals surface area contributed by atoms with E-state index in [2.05, 4.69) is 17.3 Å². The maximum Gasteiger partial charge on any atom is 0.0228 e. The molecule has 1 rings (SSSR count). The first kappa shape index (κ1) is 23.1. The van der Waals surface area contributed by atoms with Crippen molar-refractivity contribution in [3.05, 3.63) is 36.4 Å². The lowest BCUT2D eigenvalue weighted by molar-refractivity contribution is 0.0400. The number of nitrogens with one attached hydrogen (secondary N) is 1. The number of unbranched alkanes of at least 4 members (excludes halogenated alkanes) is 12. The van der Waals surface area contributed by atoms with E-state index in [9.17, 15) is 0 Å². The topological polar surface area (TPSA) is 47.3 Å². The average Bonchev–Trinajstić information content (AvgIpc) is 2.64. The maximum absolute atomic E-state index is 4.86. The first-order valence-corrected chi connectivity index (χ1v) is 10.0. The number of hydroxylamine groups is 1. The van der Waals surface area contributed by atoms with Crippen molar-refractivity contribution < 1.29 is 4.94 Å². The molecule has 0 aliphatic heterocycles. The fourth-order valence-electron chi connectivity index (χ4n) is 2.66. The zero-order chi connectivity index (χ0) is 17.6. The van der Waals surface area contributed by atoms with Crippen molar-refractivity contribution in [3.8, 4) is 0 Å². The van der Waals surface area contributed by atoms with Gasteiger partial charge in [-0.2, -0.15) is 11.4 Å². The molecular weight excluding hydrogens is 296 g/mol. The molecule has 0 saturated heterocycles. The molecule has 1 aromatic carbocycles. The number of hydrogen-bond donors (Lipinski definition) is 2. The van der Waals surface area contributed by atoms with Gasteiger partial charge in [-0.3, -0.25) is 0 Å². The van der Waals surface area contributed by atoms with Gasteiger partial charge < -0.3 is 0 Å². The van der Waals surface area contributed by atoms with E-state index >= 15 is 0 Å². The van der Waals surface area contributed by atoms with Gasteiger partial charge >= 0.3 is 0 Å². The molecule has 24 heavy (non-hydrogen) atoms. The summed E-state index contributed by atoms with van der Waals surface area (Å²) >= 11 is 0. The van der Waals surface area contributed by atoms with Crippen LogP contribution >= 0.6 is 0 Å². The summed E-state index contributed by atoms with van der Waals surface area (Å²) in [6.45, 7) is 3.15. The lowest BCUT2D eigenvalue weighted by Gasteiger charge is -2.03. The predicted molar refractivity (Wildman–Crippen MR) is 105 cm³/mol. The Kier molecular flexibility index (Phi) is 21.3. The van der Waals surface area contributed by atoms with Crippen LogP contribution in [0.25, 0.3) is 0 Å². The molecule has 0 atom stereocenters. The van der Waals surface area contributed by atoms with E-state index < -0.39 is 0 Å². The molecule has 3 N–H and O–H groups in total. The second kappa shape index (κ2) is 22.1. The molecule has 0 aliphatic carbocycles. The Morgan fingerprint density at radius 1 is 0.583 bits per heavy atom. The number of hydrogen-bond acceptors (Lipinski definition) is 3. The molecule has 0 heterocycles. The fourth-order valence-corrected chi connectivity index (χ4v) is 2.66. The third-order valence-corrected chi connectivity index (χ3v) is 4.13. The summed E-state index contributed by atoms with van der Waals surface area (Å²) in [5.41, 5.74) is 2.67. The maximum atomic E-state index is 4.86. The summed E-state index contributed by atoms with van der Waals surface area (Å²) in [5, 5.41) is 0. The van der Waals surface area contributed by atoms with Crippen molar-refractivity contribution >= 4 is 0 Å². The first-order chi connectivity index (χ1) is 11.9. The fraction of sp³-hybridized carbons (Fsp3) is 0.714. The normalized spacial score (nSPS) is 10.2. The van der Waals surface area contributed by atoms with Gasteiger partial charge in [0.15, 0.2) is 0 Å². The van der Waals surface area contributed by atoms with E-state index in [0.29, 0.717) is 0 Å². The largest absolute Gasteiger partial charge is 0.217 e. The molecule has 0 unspecified atom stereocenters. The van der Waals surface area contributed by atoms with E-state index in [1.54, 1.807) is 0 Å². The van der Waals surface area contributed by atoms with Gasteiger partial charge in [0.2, 0.25) is 0 Å². The summed E-state index contributed by atoms with van der Waals surface area (Å²) in [6, 6.07) is 12.0. The van der Waals surface area contributed by atoms with Crippen LogP contribution in [0.4, 0.5) is 0 Å². The van der Waals surface area contributed by atoms with E-state index in [1.807, 2.05) is 36.4 Å². The van der Waals surface area contributed by atoms with Crippen LogP contribution in [0.5, 0.6) is 0 Å². The van der Waals surface area contributed by atoms with Crippen LogP contribution in [0.15, 0.2) is 36.4 Å². The minimum absolute atomic E-state index is 0.869. The standard InChI is InChI=1S/C15H34N2O.C6H6/c1-2-3-4-5-6-7-8-9-10-11-12-13-14-15-17-18-16;1-2-4-6-5-3-1/h17H,2-16H2,1H3;1-6H. The number of benzene rings is 1. The van der Waals surface area contributed by atoms with E-state index in [4.69, 9.17) is 5.90 Å². The van der Waals surface area contributed by atoms with Crippen LogP contribution in [-0.4, -0.2) is 6.54 Å². The third-order valence-electron chi connectivity index (χ3n) is 4.13. The smallest absolute Gasteiger partial charge is 0.0228 e. The first-order valence-electron chi connectivity index (χ1n) is 10.0. The second-order valence-electron chi connectivity index (χ2n) is 6.41. The van der Waals surface area contributed by atoms with Gasteiger partial charge in [-0.05, 0) is 6.42 Å². The lowest BCUT2D eigenvalue weighted by Crippen LogP contribution is -2.19. The van der Waals surface area contributed by atoms with Crippen molar-refractivity contribution in [3.63, 3.8) is 0 Å². The molecule has 140 valence electrons. The molecule has 1 aromatic rings. The summed E-state index contributed by atoms with van der Waals surface area (Å²) in [6.07, 6.45) is 18.0. The number of rotatable bonds is 15. The predicted octanol–water partition coefficient (Wildman–Crippen LogP) is 6.16. The van der Waals surface area contributed by atoms with Crippen LogP contribution in [0, 0.1) is 0 Å². The number of nitrogens with two attached hydrogens (primary N) is 1. The zero-order valence-electron chi connectivity index (χ0n) is 15.8. The molecular formula is C21H40N2O. The Morgan fingerprint density at radius 2 is 0.917 bits per heavy atom. The Morgan fingerprint density at radius 3 is 1.25 bits per heavy atom. The van der Waals surface area contributed by atoms with Gasteiger partial charge in [0.1, 0.15) is 0 Å². The summed E-state index contributed by atoms with van der Waals surface area (Å²) in [5.74, 6) is 4.86. The molecule has 0 aromatic heterocycles. The molecule has 0 fully saturated rings. The van der Waals surface area contributed by atoms with E-state index in [-0.39, 0.29) is 0 Å². The molecule has 0 radical (unpaired) electrons. The summed E-state index contributed by atoms with van der Waals surface area (Å²) in [4.78, 5) is 4.30. The van der Waals surface area contributed by atoms with Gasteiger partial charge in [-0.15, -0.1) is 0 Å². The zero-order valence-corrected chi connectivity index (χ0v) is 15.8. The Hall–Kier alpha value is -0.900. The minimum atomic E-state index is 0.869. The molecule has 0 spiro atoms. The molecule has 0 amide bonds. The quantitative estimate of drug-likeness (QED) is 0.298. The Bertz CT molecular complexity index is 263. The average molecular weight is 337 g/mol. The van der Waals surface area contributed by atoms with Crippen molar-refractivity contribution in [2.75, 3.05) is 6.54 Å². The summed E-state index contributed by atoms with van der Waals surface area (Å²) < 4.78 is 0. The van der Waals surface area contributed by atoms with Crippen LogP contribution in [0.2, 0.25) is 0 Å². The van der Waals surface area contributed by atoms with E-state index in [1.165, 1.54) is 77.0 Å². The van der Waals surface area contributed by atoms with Gasteiger partial charge in [-0.1, -0.05) is 120 Å². The van der Waals surface area contributed by atoms with Crippen LogP contribution < -0.4 is 11.4 Å². The molecule has 3 nitrogen and oxygen atoms in total. The van der Waals surface area contributed by atoms with E-state index in [0.717, 1.165) is 13.0 Å². The highest BCUT2D eigenvalue weighted by Gasteiger charge is 1.93. The summed E-state index contributed by atoms with van der Waals surface area (Å²) in [7, 11) is 0. The van der Waals surface area contributed by atoms with Crippen molar-refractivity contribution in [1.29, 1.82) is 0 Å². The SMILES string of the molecule is CCCCCCCCCCCCCCCNON.c1ccccc1.